The van der Waals surface area contributed by atoms with Gasteiger partial charge in [-0.1, -0.05) is 19.8 Å². The second-order valence-electron chi connectivity index (χ2n) is 6.23. The Morgan fingerprint density at radius 3 is 2.95 bits per heavy atom. The molecule has 1 aromatic heterocycles. The standard InChI is InChI=1S/C15H27N3O2/c1-11-6-5-7-15(19,8-11)10-16-9-13-12(2)17-18(3)14(13)20-4/h11,16,19H,5-10H2,1-4H3. The van der Waals surface area contributed by atoms with Crippen molar-refractivity contribution in [3.05, 3.63) is 11.3 Å². The van der Waals surface area contributed by atoms with Gasteiger partial charge in [0.25, 0.3) is 0 Å². The van der Waals surface area contributed by atoms with E-state index in [1.54, 1.807) is 11.8 Å². The minimum absolute atomic E-state index is 0.555. The van der Waals surface area contributed by atoms with Crippen LogP contribution in [-0.4, -0.2) is 34.1 Å². The molecule has 1 aliphatic carbocycles. The zero-order valence-corrected chi connectivity index (χ0v) is 13.1. The first-order valence-electron chi connectivity index (χ1n) is 7.45. The van der Waals surface area contributed by atoms with E-state index in [1.807, 2.05) is 14.0 Å². The van der Waals surface area contributed by atoms with Crippen LogP contribution in [0.25, 0.3) is 0 Å². The number of aryl methyl sites for hydroxylation is 2. The third kappa shape index (κ3) is 3.33. The molecule has 5 heteroatoms. The maximum Gasteiger partial charge on any atom is 0.216 e. The van der Waals surface area contributed by atoms with Crippen LogP contribution in [0.1, 0.15) is 43.9 Å². The summed E-state index contributed by atoms with van der Waals surface area (Å²) in [6.07, 6.45) is 4.14. The highest BCUT2D eigenvalue weighted by molar-refractivity contribution is 5.30. The first-order chi connectivity index (χ1) is 9.45. The zero-order chi connectivity index (χ0) is 14.8. The third-order valence-electron chi connectivity index (χ3n) is 4.31. The van der Waals surface area contributed by atoms with Crippen LogP contribution < -0.4 is 10.1 Å². The van der Waals surface area contributed by atoms with E-state index in [4.69, 9.17) is 4.74 Å². The van der Waals surface area contributed by atoms with Crippen LogP contribution in [0.15, 0.2) is 0 Å². The van der Waals surface area contributed by atoms with Gasteiger partial charge < -0.3 is 15.2 Å². The lowest BCUT2D eigenvalue weighted by Crippen LogP contribution is -2.43. The molecule has 0 radical (unpaired) electrons. The van der Waals surface area contributed by atoms with Gasteiger partial charge in [0.15, 0.2) is 0 Å². The van der Waals surface area contributed by atoms with E-state index in [0.717, 1.165) is 36.4 Å². The van der Waals surface area contributed by atoms with Crippen molar-refractivity contribution in [3.63, 3.8) is 0 Å². The SMILES string of the molecule is COc1c(CNCC2(O)CCCC(C)C2)c(C)nn1C. The molecule has 2 N–H and O–H groups in total. The van der Waals surface area contributed by atoms with Gasteiger partial charge in [-0.2, -0.15) is 5.10 Å². The lowest BCUT2D eigenvalue weighted by atomic mass is 9.79. The van der Waals surface area contributed by atoms with Gasteiger partial charge in [0.05, 0.1) is 24.0 Å². The van der Waals surface area contributed by atoms with E-state index in [0.29, 0.717) is 19.0 Å². The monoisotopic (exact) mass is 281 g/mol. The number of aromatic nitrogens is 2. The van der Waals surface area contributed by atoms with E-state index < -0.39 is 5.60 Å². The summed E-state index contributed by atoms with van der Waals surface area (Å²) in [5.41, 5.74) is 1.49. The molecule has 1 aliphatic rings. The fraction of sp³-hybridized carbons (Fsp3) is 0.800. The van der Waals surface area contributed by atoms with Gasteiger partial charge in [-0.05, 0) is 25.7 Å². The van der Waals surface area contributed by atoms with Crippen molar-refractivity contribution in [2.75, 3.05) is 13.7 Å². The van der Waals surface area contributed by atoms with E-state index in [-0.39, 0.29) is 0 Å². The molecule has 20 heavy (non-hydrogen) atoms. The highest BCUT2D eigenvalue weighted by Gasteiger charge is 2.32. The first kappa shape index (κ1) is 15.3. The second-order valence-corrected chi connectivity index (χ2v) is 6.23. The fourth-order valence-corrected chi connectivity index (χ4v) is 3.35. The lowest BCUT2D eigenvalue weighted by Gasteiger charge is -2.35. The molecule has 114 valence electrons. The highest BCUT2D eigenvalue weighted by Crippen LogP contribution is 2.31. The molecular formula is C15H27N3O2. The van der Waals surface area contributed by atoms with Gasteiger partial charge in [0.2, 0.25) is 5.88 Å². The largest absolute Gasteiger partial charge is 0.481 e. The normalized spacial score (nSPS) is 26.8. The van der Waals surface area contributed by atoms with Crippen molar-refractivity contribution < 1.29 is 9.84 Å². The summed E-state index contributed by atoms with van der Waals surface area (Å²) < 4.78 is 7.13. The quantitative estimate of drug-likeness (QED) is 0.863. The second kappa shape index (κ2) is 6.14. The number of aliphatic hydroxyl groups is 1. The van der Waals surface area contributed by atoms with Crippen LogP contribution in [0.4, 0.5) is 0 Å². The Morgan fingerprint density at radius 2 is 2.30 bits per heavy atom. The zero-order valence-electron chi connectivity index (χ0n) is 13.1. The summed E-state index contributed by atoms with van der Waals surface area (Å²) in [6, 6.07) is 0. The van der Waals surface area contributed by atoms with Crippen LogP contribution in [0.2, 0.25) is 0 Å². The van der Waals surface area contributed by atoms with Gasteiger partial charge in [0.1, 0.15) is 0 Å². The summed E-state index contributed by atoms with van der Waals surface area (Å²) >= 11 is 0. The Morgan fingerprint density at radius 1 is 1.55 bits per heavy atom. The predicted molar refractivity (Wildman–Crippen MR) is 78.8 cm³/mol. The van der Waals surface area contributed by atoms with Gasteiger partial charge in [-0.15, -0.1) is 0 Å². The van der Waals surface area contributed by atoms with Crippen molar-refractivity contribution in [3.8, 4) is 5.88 Å². The lowest BCUT2D eigenvalue weighted by molar-refractivity contribution is -0.0119. The smallest absolute Gasteiger partial charge is 0.216 e. The number of hydrogen-bond donors (Lipinski definition) is 2. The van der Waals surface area contributed by atoms with Crippen LogP contribution in [0, 0.1) is 12.8 Å². The van der Waals surface area contributed by atoms with Crippen LogP contribution >= 0.6 is 0 Å². The topological polar surface area (TPSA) is 59.3 Å². The molecule has 0 bridgehead atoms. The van der Waals surface area contributed by atoms with Gasteiger partial charge in [-0.3, -0.25) is 0 Å². The van der Waals surface area contributed by atoms with Gasteiger partial charge >= 0.3 is 0 Å². The maximum atomic E-state index is 10.6. The van der Waals surface area contributed by atoms with Gasteiger partial charge in [0, 0.05) is 20.1 Å². The molecule has 1 aromatic rings. The van der Waals surface area contributed by atoms with Crippen molar-refractivity contribution in [1.29, 1.82) is 0 Å². The minimum atomic E-state index is -0.555. The van der Waals surface area contributed by atoms with Crippen LogP contribution in [-0.2, 0) is 13.6 Å². The number of ether oxygens (including phenoxy) is 1. The first-order valence-corrected chi connectivity index (χ1v) is 7.45. The van der Waals surface area contributed by atoms with E-state index in [1.165, 1.54) is 6.42 Å². The molecular weight excluding hydrogens is 254 g/mol. The molecule has 0 amide bonds. The molecule has 0 aliphatic heterocycles. The number of methoxy groups -OCH3 is 1. The summed E-state index contributed by atoms with van der Waals surface area (Å²) in [5.74, 6) is 1.41. The summed E-state index contributed by atoms with van der Waals surface area (Å²) in [7, 11) is 3.54. The summed E-state index contributed by atoms with van der Waals surface area (Å²) in [4.78, 5) is 0. The van der Waals surface area contributed by atoms with Crippen molar-refractivity contribution in [2.45, 2.75) is 51.7 Å². The van der Waals surface area contributed by atoms with Gasteiger partial charge in [-0.25, -0.2) is 4.68 Å². The van der Waals surface area contributed by atoms with Crippen molar-refractivity contribution in [1.82, 2.24) is 15.1 Å². The van der Waals surface area contributed by atoms with E-state index in [9.17, 15) is 5.11 Å². The Labute approximate surface area is 121 Å². The molecule has 1 heterocycles. The molecule has 1 fully saturated rings. The van der Waals surface area contributed by atoms with E-state index >= 15 is 0 Å². The Kier molecular flexibility index (Phi) is 4.70. The van der Waals surface area contributed by atoms with Crippen LogP contribution in [0.3, 0.4) is 0 Å². The molecule has 2 unspecified atom stereocenters. The number of nitrogens with one attached hydrogen (secondary N) is 1. The molecule has 0 saturated heterocycles. The third-order valence-corrected chi connectivity index (χ3v) is 4.31. The number of nitrogens with zero attached hydrogens (tertiary/aromatic N) is 2. The molecule has 0 spiro atoms. The minimum Gasteiger partial charge on any atom is -0.481 e. The fourth-order valence-electron chi connectivity index (χ4n) is 3.35. The molecule has 2 atom stereocenters. The van der Waals surface area contributed by atoms with Crippen LogP contribution in [0.5, 0.6) is 5.88 Å². The summed E-state index contributed by atoms with van der Waals surface area (Å²) in [6.45, 7) is 5.52. The molecule has 2 rings (SSSR count). The summed E-state index contributed by atoms with van der Waals surface area (Å²) in [5, 5.41) is 18.3. The van der Waals surface area contributed by atoms with Crippen molar-refractivity contribution in [2.24, 2.45) is 13.0 Å². The maximum absolute atomic E-state index is 10.6. The average molecular weight is 281 g/mol. The number of rotatable bonds is 5. The molecule has 1 saturated carbocycles. The number of hydrogen-bond acceptors (Lipinski definition) is 4. The molecule has 5 nitrogen and oxygen atoms in total. The van der Waals surface area contributed by atoms with Crippen molar-refractivity contribution >= 4 is 0 Å². The Balaban J connectivity index is 1.93. The molecule has 0 aromatic carbocycles. The van der Waals surface area contributed by atoms with E-state index in [2.05, 4.69) is 17.3 Å². The Hall–Kier alpha value is -1.07. The predicted octanol–water partition coefficient (Wildman–Crippen LogP) is 1.77. The highest BCUT2D eigenvalue weighted by atomic mass is 16.5. The average Bonchev–Trinajstić information content (AvgIpc) is 2.63. The Bertz CT molecular complexity index is 458.